The predicted octanol–water partition coefficient (Wildman–Crippen LogP) is 3.82. The lowest BCUT2D eigenvalue weighted by Crippen LogP contribution is -2.16. The van der Waals surface area contributed by atoms with E-state index in [0.29, 0.717) is 54.0 Å². The third kappa shape index (κ3) is 3.78. The van der Waals surface area contributed by atoms with E-state index in [2.05, 4.69) is 4.98 Å². The van der Waals surface area contributed by atoms with Crippen molar-refractivity contribution >= 4 is 5.69 Å². The summed E-state index contributed by atoms with van der Waals surface area (Å²) in [7, 11) is 1.61. The van der Waals surface area contributed by atoms with Crippen LogP contribution in [0.2, 0.25) is 0 Å². The lowest BCUT2D eigenvalue weighted by atomic mass is 10.1. The number of nitrogens with two attached hydrogens (primary N) is 1. The first-order valence-electron chi connectivity index (χ1n) is 9.17. The molecule has 0 fully saturated rings. The van der Waals surface area contributed by atoms with E-state index in [1.807, 2.05) is 0 Å². The molecule has 0 spiro atoms. The van der Waals surface area contributed by atoms with Gasteiger partial charge < -0.3 is 19.8 Å². The van der Waals surface area contributed by atoms with Gasteiger partial charge in [0.2, 0.25) is 5.88 Å². The fourth-order valence-corrected chi connectivity index (χ4v) is 3.29. The number of anilines is 1. The van der Waals surface area contributed by atoms with Crippen LogP contribution in [0, 0.1) is 11.6 Å². The van der Waals surface area contributed by atoms with Crippen molar-refractivity contribution in [3.05, 3.63) is 64.2 Å². The largest absolute Gasteiger partial charge is 0.493 e. The van der Waals surface area contributed by atoms with Crippen molar-refractivity contribution in [1.82, 2.24) is 9.55 Å². The standard InChI is InChI=1S/C21H19F2N3O3/c1-26-11-16-15-8-14(24)10-25-21(15)29-20-12(6-13(22)7-17(20)23)4-2-3-5-28-18(16)9-19(26)27/h6-11H,2-5,24H2,1H3. The summed E-state index contributed by atoms with van der Waals surface area (Å²) in [6, 6.07) is 5.04. The first-order valence-corrected chi connectivity index (χ1v) is 9.17. The lowest BCUT2D eigenvalue weighted by molar-refractivity contribution is 0.306. The maximum absolute atomic E-state index is 14.6. The molecule has 1 aliphatic heterocycles. The van der Waals surface area contributed by atoms with Crippen LogP contribution in [0.25, 0.3) is 11.1 Å². The van der Waals surface area contributed by atoms with Gasteiger partial charge in [0.25, 0.3) is 5.56 Å². The summed E-state index contributed by atoms with van der Waals surface area (Å²) in [5.41, 5.74) is 7.42. The maximum Gasteiger partial charge on any atom is 0.254 e. The van der Waals surface area contributed by atoms with Gasteiger partial charge in [-0.15, -0.1) is 0 Å². The Morgan fingerprint density at radius 3 is 2.79 bits per heavy atom. The molecule has 150 valence electrons. The molecule has 2 N–H and O–H groups in total. The van der Waals surface area contributed by atoms with Crippen LogP contribution in [0.4, 0.5) is 14.5 Å². The average Bonchev–Trinajstić information content (AvgIpc) is 2.66. The molecule has 0 saturated carbocycles. The number of hydrogen-bond acceptors (Lipinski definition) is 5. The number of aryl methyl sites for hydroxylation is 2. The van der Waals surface area contributed by atoms with Gasteiger partial charge in [0.15, 0.2) is 11.6 Å². The summed E-state index contributed by atoms with van der Waals surface area (Å²) < 4.78 is 41.4. The van der Waals surface area contributed by atoms with Crippen LogP contribution in [-0.2, 0) is 13.5 Å². The highest BCUT2D eigenvalue weighted by molar-refractivity contribution is 5.76. The molecule has 0 aliphatic carbocycles. The number of hydrogen-bond donors (Lipinski definition) is 1. The van der Waals surface area contributed by atoms with Crippen LogP contribution in [0.3, 0.4) is 0 Å². The van der Waals surface area contributed by atoms with Crippen molar-refractivity contribution in [1.29, 1.82) is 0 Å². The summed E-state index contributed by atoms with van der Waals surface area (Å²) in [6.45, 7) is 0.346. The van der Waals surface area contributed by atoms with E-state index in [4.69, 9.17) is 15.2 Å². The third-order valence-corrected chi connectivity index (χ3v) is 4.73. The zero-order valence-electron chi connectivity index (χ0n) is 15.7. The number of pyridine rings is 2. The number of nitrogen functional groups attached to an aromatic ring is 1. The smallest absolute Gasteiger partial charge is 0.254 e. The highest BCUT2D eigenvalue weighted by Crippen LogP contribution is 2.39. The van der Waals surface area contributed by atoms with Crippen LogP contribution in [0.5, 0.6) is 17.4 Å². The van der Waals surface area contributed by atoms with Gasteiger partial charge in [0.05, 0.1) is 24.1 Å². The molecule has 3 heterocycles. The van der Waals surface area contributed by atoms with Crippen LogP contribution >= 0.6 is 0 Å². The number of aromatic nitrogens is 2. The molecule has 1 aromatic carbocycles. The van der Waals surface area contributed by atoms with Crippen LogP contribution in [-0.4, -0.2) is 16.2 Å². The van der Waals surface area contributed by atoms with E-state index in [0.717, 1.165) is 6.07 Å². The van der Waals surface area contributed by atoms with Crippen LogP contribution < -0.4 is 20.8 Å². The lowest BCUT2D eigenvalue weighted by Gasteiger charge is -2.18. The molecular formula is C21H19F2N3O3. The van der Waals surface area contributed by atoms with E-state index < -0.39 is 11.6 Å². The number of nitrogens with zero attached hydrogens (tertiary/aromatic N) is 2. The molecule has 0 amide bonds. The maximum atomic E-state index is 14.6. The molecule has 0 radical (unpaired) electrons. The molecule has 6 nitrogen and oxygen atoms in total. The molecule has 29 heavy (non-hydrogen) atoms. The average molecular weight is 399 g/mol. The minimum atomic E-state index is -0.807. The first kappa shape index (κ1) is 18.9. The van der Waals surface area contributed by atoms with Gasteiger partial charge in [-0.2, -0.15) is 0 Å². The molecule has 4 rings (SSSR count). The molecule has 8 heteroatoms. The highest BCUT2D eigenvalue weighted by atomic mass is 19.1. The molecule has 0 atom stereocenters. The number of ether oxygens (including phenoxy) is 2. The minimum Gasteiger partial charge on any atom is -0.493 e. The van der Waals surface area contributed by atoms with E-state index in [1.165, 1.54) is 22.9 Å². The van der Waals surface area contributed by atoms with Gasteiger partial charge in [-0.05, 0) is 31.4 Å². The molecular weight excluding hydrogens is 380 g/mol. The predicted molar refractivity (Wildman–Crippen MR) is 104 cm³/mol. The van der Waals surface area contributed by atoms with Crippen molar-refractivity contribution in [3.8, 4) is 28.5 Å². The number of benzene rings is 1. The summed E-state index contributed by atoms with van der Waals surface area (Å²) in [6.07, 6.45) is 4.64. The quantitative estimate of drug-likeness (QED) is 0.622. The van der Waals surface area contributed by atoms with Crippen molar-refractivity contribution in [2.75, 3.05) is 12.3 Å². The Balaban J connectivity index is 1.95. The number of rotatable bonds is 0. The van der Waals surface area contributed by atoms with Gasteiger partial charge in [-0.3, -0.25) is 4.79 Å². The summed E-state index contributed by atoms with van der Waals surface area (Å²) in [5.74, 6) is -1.10. The first-order chi connectivity index (χ1) is 13.9. The Bertz CT molecular complexity index is 1140. The Kier molecular flexibility index (Phi) is 4.92. The van der Waals surface area contributed by atoms with Gasteiger partial charge in [-0.1, -0.05) is 0 Å². The van der Waals surface area contributed by atoms with Gasteiger partial charge in [0, 0.05) is 36.5 Å². The normalized spacial score (nSPS) is 13.6. The number of fused-ring (bicyclic) bond motifs is 4. The van der Waals surface area contributed by atoms with E-state index >= 15 is 0 Å². The molecule has 0 saturated heterocycles. The summed E-state index contributed by atoms with van der Waals surface area (Å²) in [4.78, 5) is 16.3. The van der Waals surface area contributed by atoms with Gasteiger partial charge in [0.1, 0.15) is 11.6 Å². The van der Waals surface area contributed by atoms with Crippen molar-refractivity contribution in [3.63, 3.8) is 0 Å². The molecule has 0 bridgehead atoms. The summed E-state index contributed by atoms with van der Waals surface area (Å²) in [5, 5.41) is 0. The van der Waals surface area contributed by atoms with Crippen LogP contribution in [0.1, 0.15) is 18.4 Å². The number of halogens is 2. The van der Waals surface area contributed by atoms with E-state index in [-0.39, 0.29) is 17.2 Å². The second-order valence-electron chi connectivity index (χ2n) is 6.91. The monoisotopic (exact) mass is 399 g/mol. The van der Waals surface area contributed by atoms with Crippen LogP contribution in [0.15, 0.2) is 41.5 Å². The van der Waals surface area contributed by atoms with Crippen molar-refractivity contribution in [2.24, 2.45) is 7.05 Å². The zero-order valence-corrected chi connectivity index (χ0v) is 15.7. The Morgan fingerprint density at radius 2 is 1.97 bits per heavy atom. The van der Waals surface area contributed by atoms with Crippen molar-refractivity contribution < 1.29 is 18.3 Å². The topological polar surface area (TPSA) is 79.4 Å². The Labute approximate surface area is 165 Å². The molecule has 3 aromatic rings. The van der Waals surface area contributed by atoms with Gasteiger partial charge in [-0.25, -0.2) is 13.8 Å². The minimum absolute atomic E-state index is 0.0715. The van der Waals surface area contributed by atoms with E-state index in [1.54, 1.807) is 19.3 Å². The third-order valence-electron chi connectivity index (χ3n) is 4.73. The Morgan fingerprint density at radius 1 is 1.14 bits per heavy atom. The van der Waals surface area contributed by atoms with E-state index in [9.17, 15) is 13.6 Å². The zero-order chi connectivity index (χ0) is 20.5. The Hall–Kier alpha value is -3.42. The van der Waals surface area contributed by atoms with Gasteiger partial charge >= 0.3 is 0 Å². The van der Waals surface area contributed by atoms with Crippen molar-refractivity contribution in [2.45, 2.75) is 19.3 Å². The fraction of sp³-hybridized carbons (Fsp3) is 0.238. The SMILES string of the molecule is Cn1cc2c(cc1=O)OCCCCc1cc(F)cc(F)c1Oc1ncc(N)cc1-2. The second kappa shape index (κ2) is 7.54. The molecule has 1 aliphatic rings. The molecule has 2 aromatic heterocycles. The fourth-order valence-electron chi connectivity index (χ4n) is 3.29. The highest BCUT2D eigenvalue weighted by Gasteiger charge is 2.21. The second-order valence-corrected chi connectivity index (χ2v) is 6.91. The summed E-state index contributed by atoms with van der Waals surface area (Å²) >= 11 is 0. The molecule has 0 unspecified atom stereocenters.